The molecule has 0 aromatic carbocycles. The van der Waals surface area contributed by atoms with E-state index < -0.39 is 0 Å². The Morgan fingerprint density at radius 3 is 3.00 bits per heavy atom. The van der Waals surface area contributed by atoms with Crippen molar-refractivity contribution in [2.24, 2.45) is 5.92 Å². The number of nitrogens with zero attached hydrogens (tertiary/aromatic N) is 3. The predicted octanol–water partition coefficient (Wildman–Crippen LogP) is 1.29. The van der Waals surface area contributed by atoms with Crippen LogP contribution in [0.15, 0.2) is 35.2 Å². The van der Waals surface area contributed by atoms with Gasteiger partial charge in [-0.05, 0) is 37.4 Å². The van der Waals surface area contributed by atoms with E-state index >= 15 is 0 Å². The van der Waals surface area contributed by atoms with Crippen LogP contribution in [-0.2, 0) is 6.54 Å². The van der Waals surface area contributed by atoms with Crippen molar-refractivity contribution in [1.82, 2.24) is 20.2 Å². The molecule has 122 valence electrons. The third kappa shape index (κ3) is 4.29. The summed E-state index contributed by atoms with van der Waals surface area (Å²) in [5.41, 5.74) is 6.56. The molecule has 3 heterocycles. The molecule has 7 heteroatoms. The summed E-state index contributed by atoms with van der Waals surface area (Å²) >= 11 is 0. The molecule has 1 amide bonds. The van der Waals surface area contributed by atoms with Crippen molar-refractivity contribution < 1.29 is 9.21 Å². The number of nitrogen functional groups attached to an aromatic ring is 1. The van der Waals surface area contributed by atoms with Crippen molar-refractivity contribution in [3.05, 3.63) is 42.1 Å². The number of aromatic nitrogens is 2. The van der Waals surface area contributed by atoms with Crippen LogP contribution in [0.5, 0.6) is 0 Å². The van der Waals surface area contributed by atoms with Gasteiger partial charge in [-0.15, -0.1) is 0 Å². The normalized spacial score (nSPS) is 18.7. The van der Waals surface area contributed by atoms with Gasteiger partial charge in [0.25, 0.3) is 5.91 Å². The molecule has 1 saturated heterocycles. The Balaban J connectivity index is 1.48. The molecule has 23 heavy (non-hydrogen) atoms. The summed E-state index contributed by atoms with van der Waals surface area (Å²) in [5, 5.41) is 2.95. The van der Waals surface area contributed by atoms with E-state index in [2.05, 4.69) is 20.2 Å². The van der Waals surface area contributed by atoms with Gasteiger partial charge in [-0.25, -0.2) is 9.97 Å². The second-order valence-electron chi connectivity index (χ2n) is 5.88. The van der Waals surface area contributed by atoms with E-state index in [4.69, 9.17) is 10.2 Å². The molecular formula is C16H21N5O2. The smallest absolute Gasteiger partial charge is 0.286 e. The van der Waals surface area contributed by atoms with Crippen LogP contribution in [-0.4, -0.2) is 40.4 Å². The minimum atomic E-state index is -0.154. The van der Waals surface area contributed by atoms with E-state index in [0.29, 0.717) is 24.2 Å². The topological polar surface area (TPSA) is 97.3 Å². The second kappa shape index (κ2) is 7.23. The van der Waals surface area contributed by atoms with Gasteiger partial charge in [-0.2, -0.15) is 0 Å². The average molecular weight is 315 g/mol. The van der Waals surface area contributed by atoms with Crippen LogP contribution in [0.2, 0.25) is 0 Å². The third-order valence-electron chi connectivity index (χ3n) is 4.03. The van der Waals surface area contributed by atoms with Crippen molar-refractivity contribution in [3.63, 3.8) is 0 Å². The zero-order valence-electron chi connectivity index (χ0n) is 12.9. The number of likely N-dealkylation sites (tertiary alicyclic amines) is 1. The van der Waals surface area contributed by atoms with Gasteiger partial charge in [0.15, 0.2) is 5.76 Å². The lowest BCUT2D eigenvalue weighted by atomic mass is 9.97. The van der Waals surface area contributed by atoms with Gasteiger partial charge in [-0.3, -0.25) is 9.69 Å². The molecule has 3 N–H and O–H groups in total. The zero-order chi connectivity index (χ0) is 16.1. The first-order chi connectivity index (χ1) is 11.2. The summed E-state index contributed by atoms with van der Waals surface area (Å²) in [6.07, 6.45) is 7.28. The highest BCUT2D eigenvalue weighted by Gasteiger charge is 2.21. The van der Waals surface area contributed by atoms with Gasteiger partial charge in [0.2, 0.25) is 5.95 Å². The Kier molecular flexibility index (Phi) is 4.87. The minimum Gasteiger partial charge on any atom is -0.459 e. The number of carbonyl (C=O) groups is 1. The summed E-state index contributed by atoms with van der Waals surface area (Å²) < 4.78 is 5.10. The maximum atomic E-state index is 11.9. The molecule has 0 unspecified atom stereocenters. The molecule has 2 aromatic heterocycles. The molecule has 3 rings (SSSR count). The second-order valence-corrected chi connectivity index (χ2v) is 5.88. The lowest BCUT2D eigenvalue weighted by Crippen LogP contribution is -2.40. The third-order valence-corrected chi connectivity index (χ3v) is 4.03. The molecular weight excluding hydrogens is 294 g/mol. The van der Waals surface area contributed by atoms with Crippen molar-refractivity contribution in [2.45, 2.75) is 19.4 Å². The highest BCUT2D eigenvalue weighted by atomic mass is 16.3. The van der Waals surface area contributed by atoms with E-state index in [0.717, 1.165) is 38.0 Å². The number of carbonyl (C=O) groups excluding carboxylic acids is 1. The molecule has 0 spiro atoms. The van der Waals surface area contributed by atoms with Crippen molar-refractivity contribution in [3.8, 4) is 0 Å². The van der Waals surface area contributed by atoms with Crippen LogP contribution in [0.3, 0.4) is 0 Å². The van der Waals surface area contributed by atoms with Gasteiger partial charge >= 0.3 is 0 Å². The minimum absolute atomic E-state index is 0.154. The average Bonchev–Trinajstić information content (AvgIpc) is 3.10. The molecule has 1 aliphatic rings. The Morgan fingerprint density at radius 1 is 1.43 bits per heavy atom. The molecule has 1 fully saturated rings. The maximum Gasteiger partial charge on any atom is 0.286 e. The van der Waals surface area contributed by atoms with Crippen LogP contribution in [0.4, 0.5) is 5.95 Å². The van der Waals surface area contributed by atoms with Gasteiger partial charge < -0.3 is 15.5 Å². The molecule has 1 atom stereocenters. The van der Waals surface area contributed by atoms with E-state index in [1.807, 2.05) is 0 Å². The monoisotopic (exact) mass is 315 g/mol. The largest absolute Gasteiger partial charge is 0.459 e. The Bertz CT molecular complexity index is 626. The number of amides is 1. The van der Waals surface area contributed by atoms with Gasteiger partial charge in [0.1, 0.15) is 0 Å². The molecule has 0 saturated carbocycles. The standard InChI is InChI=1S/C16H21N5O2/c17-16-19-8-13(9-20-16)11-21-5-1-3-12(10-21)7-18-15(22)14-4-2-6-23-14/h2,4,6,8-9,12H,1,3,5,7,10-11H2,(H,18,22)(H2,17,19,20)/t12-/m0/s1. The summed E-state index contributed by atoms with van der Waals surface area (Å²) in [6, 6.07) is 3.38. The fourth-order valence-corrected chi connectivity index (χ4v) is 2.90. The SMILES string of the molecule is Nc1ncc(CN2CCC[C@@H](CNC(=O)c3ccco3)C2)cn1. The van der Waals surface area contributed by atoms with Crippen LogP contribution in [0, 0.1) is 5.92 Å². The number of nitrogens with one attached hydrogen (secondary N) is 1. The highest BCUT2D eigenvalue weighted by Crippen LogP contribution is 2.18. The van der Waals surface area contributed by atoms with E-state index in [9.17, 15) is 4.79 Å². The number of nitrogens with two attached hydrogens (primary N) is 1. The number of anilines is 1. The molecule has 2 aromatic rings. The fraction of sp³-hybridized carbons (Fsp3) is 0.438. The van der Waals surface area contributed by atoms with E-state index in [-0.39, 0.29) is 5.91 Å². The van der Waals surface area contributed by atoms with Crippen LogP contribution >= 0.6 is 0 Å². The van der Waals surface area contributed by atoms with Crippen molar-refractivity contribution in [2.75, 3.05) is 25.4 Å². The van der Waals surface area contributed by atoms with Crippen molar-refractivity contribution in [1.29, 1.82) is 0 Å². The number of hydrogen-bond acceptors (Lipinski definition) is 6. The summed E-state index contributed by atoms with van der Waals surface area (Å²) in [5.74, 6) is 0.944. The zero-order valence-corrected chi connectivity index (χ0v) is 12.9. The van der Waals surface area contributed by atoms with Gasteiger partial charge in [0.05, 0.1) is 6.26 Å². The Hall–Kier alpha value is -2.41. The Labute approximate surface area is 134 Å². The molecule has 0 bridgehead atoms. The highest BCUT2D eigenvalue weighted by molar-refractivity contribution is 5.91. The lowest BCUT2D eigenvalue weighted by molar-refractivity contribution is 0.0903. The van der Waals surface area contributed by atoms with Crippen molar-refractivity contribution >= 4 is 11.9 Å². The first-order valence-electron chi connectivity index (χ1n) is 7.81. The van der Waals surface area contributed by atoms with Gasteiger partial charge in [-0.1, -0.05) is 0 Å². The molecule has 7 nitrogen and oxygen atoms in total. The van der Waals surface area contributed by atoms with Crippen LogP contribution in [0.25, 0.3) is 0 Å². The first-order valence-corrected chi connectivity index (χ1v) is 7.81. The van der Waals surface area contributed by atoms with Crippen LogP contribution < -0.4 is 11.1 Å². The quantitative estimate of drug-likeness (QED) is 0.863. The number of hydrogen-bond donors (Lipinski definition) is 2. The first kappa shape index (κ1) is 15.5. The molecule has 1 aliphatic heterocycles. The number of rotatable bonds is 5. The Morgan fingerprint density at radius 2 is 2.26 bits per heavy atom. The fourth-order valence-electron chi connectivity index (χ4n) is 2.90. The van der Waals surface area contributed by atoms with E-state index in [1.54, 1.807) is 24.5 Å². The number of furan rings is 1. The van der Waals surface area contributed by atoms with E-state index in [1.165, 1.54) is 6.26 Å². The van der Waals surface area contributed by atoms with Gasteiger partial charge in [0, 0.05) is 37.6 Å². The molecule has 0 radical (unpaired) electrons. The predicted molar refractivity (Wildman–Crippen MR) is 85.5 cm³/mol. The summed E-state index contributed by atoms with van der Waals surface area (Å²) in [4.78, 5) is 22.3. The maximum absolute atomic E-state index is 11.9. The summed E-state index contributed by atoms with van der Waals surface area (Å²) in [7, 11) is 0. The summed E-state index contributed by atoms with van der Waals surface area (Å²) in [6.45, 7) is 3.47. The lowest BCUT2D eigenvalue weighted by Gasteiger charge is -2.32. The number of piperidine rings is 1. The molecule has 0 aliphatic carbocycles. The van der Waals surface area contributed by atoms with Crippen LogP contribution in [0.1, 0.15) is 29.0 Å².